The number of amidine groups is 2. The second-order valence-electron chi connectivity index (χ2n) is 9.41. The van der Waals surface area contributed by atoms with Crippen LogP contribution in [0.3, 0.4) is 0 Å². The summed E-state index contributed by atoms with van der Waals surface area (Å²) in [6.07, 6.45) is 1.61. The second kappa shape index (κ2) is 13.8. The van der Waals surface area contributed by atoms with Crippen LogP contribution in [0.4, 0.5) is 5.00 Å². The number of aliphatic imine (C=N–C) groups is 1. The van der Waals surface area contributed by atoms with E-state index in [4.69, 9.17) is 33.1 Å². The Labute approximate surface area is 253 Å². The molecule has 210 valence electrons. The Morgan fingerprint density at radius 3 is 2.46 bits per heavy atom. The summed E-state index contributed by atoms with van der Waals surface area (Å²) in [5.41, 5.74) is 8.93. The van der Waals surface area contributed by atoms with E-state index in [1.807, 2.05) is 38.1 Å². The molecule has 5 N–H and O–H groups in total. The molecule has 1 amide bonds. The van der Waals surface area contributed by atoms with Crippen molar-refractivity contribution in [2.45, 2.75) is 46.1 Å². The van der Waals surface area contributed by atoms with E-state index >= 15 is 0 Å². The molecule has 0 saturated carbocycles. The Morgan fingerprint density at radius 1 is 1.12 bits per heavy atom. The number of nitrogens with zero attached hydrogens (tertiary/aromatic N) is 2. The van der Waals surface area contributed by atoms with Crippen molar-refractivity contribution >= 4 is 62.6 Å². The summed E-state index contributed by atoms with van der Waals surface area (Å²) in [6.45, 7) is 6.49. The number of amides is 1. The van der Waals surface area contributed by atoms with Crippen molar-refractivity contribution in [2.24, 2.45) is 10.7 Å². The zero-order valence-electron chi connectivity index (χ0n) is 23.2. The van der Waals surface area contributed by atoms with Crippen LogP contribution in [0.1, 0.15) is 57.5 Å². The van der Waals surface area contributed by atoms with Crippen LogP contribution in [0, 0.1) is 48.3 Å². The molecule has 41 heavy (non-hydrogen) atoms. The summed E-state index contributed by atoms with van der Waals surface area (Å²) < 4.78 is 0. The fraction of sp³-hybridized carbons (Fsp3) is 0.290. The molecule has 2 aromatic heterocycles. The fourth-order valence-electron chi connectivity index (χ4n) is 4.22. The summed E-state index contributed by atoms with van der Waals surface area (Å²) in [5.74, 6) is 12.3. The second-order valence-corrected chi connectivity index (χ2v) is 12.1. The number of rotatable bonds is 6. The number of benzene rings is 1. The number of anilines is 1. The predicted molar refractivity (Wildman–Crippen MR) is 172 cm³/mol. The predicted octanol–water partition coefficient (Wildman–Crippen LogP) is 5.73. The van der Waals surface area contributed by atoms with Gasteiger partial charge in [-0.3, -0.25) is 25.5 Å². The number of hydrogen-bond donors (Lipinski definition) is 4. The lowest BCUT2D eigenvalue weighted by molar-refractivity contribution is -0.120. The summed E-state index contributed by atoms with van der Waals surface area (Å²) in [4.78, 5) is 22.5. The standard InChI is InChI=1S/C31H31ClN6OS2/c1-19-20(2)40-31-28(19)29(22-10-12-23(32)13-11-22)37-26(30(35)38(31)21(3)34)18-27(39)36-17-7-9-25-15-14-24(41-25)8-5-4-6-16-33/h10-15,26,34-35H,4,6,16-18,33H2,1-3H3,(H,36,39)/t26-/m0/s1. The number of halogens is 1. The quantitative estimate of drug-likeness (QED) is 0.125. The highest BCUT2D eigenvalue weighted by Gasteiger charge is 2.34. The third kappa shape index (κ3) is 7.32. The first-order chi connectivity index (χ1) is 19.7. The van der Waals surface area contributed by atoms with E-state index in [9.17, 15) is 4.79 Å². The highest BCUT2D eigenvalue weighted by Crippen LogP contribution is 2.40. The van der Waals surface area contributed by atoms with Crippen molar-refractivity contribution in [3.63, 3.8) is 0 Å². The van der Waals surface area contributed by atoms with E-state index in [0.29, 0.717) is 17.3 Å². The van der Waals surface area contributed by atoms with Crippen molar-refractivity contribution in [3.8, 4) is 23.7 Å². The van der Waals surface area contributed by atoms with E-state index in [0.717, 1.165) is 49.2 Å². The number of thiophene rings is 2. The number of fused-ring (bicyclic) bond motifs is 1. The SMILES string of the molecule is CC(=N)N1C(=N)[C@H](CC(=O)NCC#Cc2ccc(C#CCCCN)s2)N=C(c2ccc(Cl)cc2)c2c1sc(C)c2C. The first kappa shape index (κ1) is 30.2. The van der Waals surface area contributed by atoms with Crippen molar-refractivity contribution < 1.29 is 4.79 Å². The van der Waals surface area contributed by atoms with Gasteiger partial charge < -0.3 is 11.1 Å². The van der Waals surface area contributed by atoms with Gasteiger partial charge in [0.2, 0.25) is 5.91 Å². The molecule has 0 aliphatic carbocycles. The molecule has 0 spiro atoms. The van der Waals surface area contributed by atoms with Gasteiger partial charge in [-0.05, 0) is 63.6 Å². The molecule has 7 nitrogen and oxygen atoms in total. The number of unbranched alkanes of at least 4 members (excludes halogenated alkanes) is 1. The van der Waals surface area contributed by atoms with Gasteiger partial charge in [0.25, 0.3) is 0 Å². The zero-order valence-corrected chi connectivity index (χ0v) is 25.5. The van der Waals surface area contributed by atoms with Crippen molar-refractivity contribution in [3.05, 3.63) is 72.7 Å². The molecule has 1 atom stereocenters. The molecule has 3 heterocycles. The number of aryl methyl sites for hydroxylation is 1. The minimum atomic E-state index is -0.786. The first-order valence-corrected chi connectivity index (χ1v) is 15.1. The molecule has 0 bridgehead atoms. The van der Waals surface area contributed by atoms with Gasteiger partial charge >= 0.3 is 0 Å². The highest BCUT2D eigenvalue weighted by atomic mass is 35.5. The maximum absolute atomic E-state index is 13.0. The molecule has 10 heteroatoms. The van der Waals surface area contributed by atoms with E-state index < -0.39 is 6.04 Å². The Bertz CT molecular complexity index is 1630. The van der Waals surface area contributed by atoms with Crippen LogP contribution in [-0.2, 0) is 4.79 Å². The van der Waals surface area contributed by atoms with Crippen LogP contribution >= 0.6 is 34.3 Å². The smallest absolute Gasteiger partial charge is 0.223 e. The van der Waals surface area contributed by atoms with Crippen molar-refractivity contribution in [1.82, 2.24) is 5.32 Å². The molecule has 0 saturated heterocycles. The van der Waals surface area contributed by atoms with Crippen LogP contribution in [0.15, 0.2) is 41.4 Å². The van der Waals surface area contributed by atoms with E-state index in [2.05, 4.69) is 29.0 Å². The summed E-state index contributed by atoms with van der Waals surface area (Å²) in [7, 11) is 0. The largest absolute Gasteiger partial charge is 0.345 e. The van der Waals surface area contributed by atoms with Gasteiger partial charge in [-0.15, -0.1) is 22.7 Å². The normalized spacial score (nSPS) is 14.2. The Morgan fingerprint density at radius 2 is 1.80 bits per heavy atom. The minimum absolute atomic E-state index is 0.0457. The Kier molecular flexibility index (Phi) is 10.1. The van der Waals surface area contributed by atoms with Gasteiger partial charge in [-0.1, -0.05) is 47.4 Å². The van der Waals surface area contributed by atoms with Crippen molar-refractivity contribution in [1.29, 1.82) is 10.8 Å². The van der Waals surface area contributed by atoms with E-state index in [1.54, 1.807) is 24.0 Å². The minimum Gasteiger partial charge on any atom is -0.345 e. The summed E-state index contributed by atoms with van der Waals surface area (Å²) >= 11 is 9.19. The lowest BCUT2D eigenvalue weighted by Gasteiger charge is -2.24. The van der Waals surface area contributed by atoms with Gasteiger partial charge in [0.1, 0.15) is 22.7 Å². The van der Waals surface area contributed by atoms with Gasteiger partial charge in [-0.2, -0.15) is 0 Å². The molecular weight excluding hydrogens is 572 g/mol. The number of nitrogens with one attached hydrogen (secondary N) is 3. The van der Waals surface area contributed by atoms with E-state index in [1.165, 1.54) is 22.7 Å². The molecule has 0 unspecified atom stereocenters. The average Bonchev–Trinajstić information content (AvgIpc) is 3.47. The number of nitrogens with two attached hydrogens (primary N) is 1. The zero-order chi connectivity index (χ0) is 29.5. The summed E-state index contributed by atoms with van der Waals surface area (Å²) in [5, 5.41) is 21.7. The van der Waals surface area contributed by atoms with Crippen LogP contribution in [-0.4, -0.2) is 42.4 Å². The van der Waals surface area contributed by atoms with E-state index in [-0.39, 0.29) is 30.5 Å². The monoisotopic (exact) mass is 602 g/mol. The maximum atomic E-state index is 13.0. The third-order valence-corrected chi connectivity index (χ3v) is 8.75. The van der Waals surface area contributed by atoms with Crippen LogP contribution in [0.25, 0.3) is 0 Å². The topological polar surface area (TPSA) is 118 Å². The van der Waals surface area contributed by atoms with Crippen LogP contribution in [0.5, 0.6) is 0 Å². The third-order valence-electron chi connectivity index (χ3n) is 6.39. The fourth-order valence-corrected chi connectivity index (χ4v) is 6.33. The molecule has 3 aromatic rings. The molecule has 0 radical (unpaired) electrons. The van der Waals surface area contributed by atoms with Crippen LogP contribution < -0.4 is 16.0 Å². The van der Waals surface area contributed by atoms with Crippen LogP contribution in [0.2, 0.25) is 5.02 Å². The average molecular weight is 603 g/mol. The Balaban J connectivity index is 1.53. The molecular formula is C31H31ClN6OS2. The lowest BCUT2D eigenvalue weighted by Crippen LogP contribution is -2.42. The molecule has 4 rings (SSSR count). The lowest BCUT2D eigenvalue weighted by atomic mass is 9.99. The first-order valence-electron chi connectivity index (χ1n) is 13.1. The van der Waals surface area contributed by atoms with Gasteiger partial charge in [-0.25, -0.2) is 0 Å². The summed E-state index contributed by atoms with van der Waals surface area (Å²) in [6, 6.07) is 10.5. The van der Waals surface area contributed by atoms with Gasteiger partial charge in [0.15, 0.2) is 0 Å². The molecule has 0 fully saturated rings. The molecule has 1 aliphatic rings. The number of carbonyl (C=O) groups excluding carboxylic acids is 1. The Hall–Kier alpha value is -3.73. The van der Waals surface area contributed by atoms with Gasteiger partial charge in [0.05, 0.1) is 28.4 Å². The number of hydrogen-bond acceptors (Lipinski definition) is 7. The number of carbonyl (C=O) groups is 1. The highest BCUT2D eigenvalue weighted by molar-refractivity contribution is 7.17. The van der Waals surface area contributed by atoms with Crippen molar-refractivity contribution in [2.75, 3.05) is 18.0 Å². The van der Waals surface area contributed by atoms with Gasteiger partial charge in [0, 0.05) is 27.4 Å². The maximum Gasteiger partial charge on any atom is 0.223 e. The molecule has 1 aromatic carbocycles. The molecule has 1 aliphatic heterocycles.